The minimum atomic E-state index is -0.160. The third kappa shape index (κ3) is 4.06. The second kappa shape index (κ2) is 8.31. The minimum Gasteiger partial charge on any atom is -0.339 e. The molecule has 9 heteroatoms. The van der Waals surface area contributed by atoms with Crippen LogP contribution in [0.2, 0.25) is 5.02 Å². The number of likely N-dealkylation sites (tertiary alicyclic amines) is 1. The maximum absolute atomic E-state index is 12.6. The second-order valence-electron chi connectivity index (χ2n) is 7.37. The summed E-state index contributed by atoms with van der Waals surface area (Å²) in [6, 6.07) is 14.5. The summed E-state index contributed by atoms with van der Waals surface area (Å²) in [4.78, 5) is 27.7. The smallest absolute Gasteiger partial charge is 0.321 e. The van der Waals surface area contributed by atoms with Gasteiger partial charge in [0.25, 0.3) is 0 Å². The Morgan fingerprint density at radius 2 is 1.87 bits per heavy atom. The number of carbonyl (C=O) groups is 1. The second-order valence-corrected chi connectivity index (χ2v) is 7.77. The number of hydrogen-bond acceptors (Lipinski definition) is 6. The molecular formula is C22H19ClN6O2. The van der Waals surface area contributed by atoms with E-state index in [9.17, 15) is 4.79 Å². The van der Waals surface area contributed by atoms with Crippen LogP contribution in [0.5, 0.6) is 0 Å². The third-order valence-electron chi connectivity index (χ3n) is 5.37. The highest BCUT2D eigenvalue weighted by molar-refractivity contribution is 6.33. The van der Waals surface area contributed by atoms with Gasteiger partial charge in [-0.15, -0.1) is 0 Å². The van der Waals surface area contributed by atoms with Crippen molar-refractivity contribution >= 4 is 34.4 Å². The summed E-state index contributed by atoms with van der Waals surface area (Å²) in [7, 11) is 0. The van der Waals surface area contributed by atoms with Crippen LogP contribution in [-0.4, -0.2) is 44.1 Å². The molecule has 8 nitrogen and oxygen atoms in total. The lowest BCUT2D eigenvalue weighted by Crippen LogP contribution is -2.40. The molecular weight excluding hydrogens is 416 g/mol. The number of rotatable bonds is 3. The van der Waals surface area contributed by atoms with Crippen LogP contribution in [-0.2, 0) is 0 Å². The van der Waals surface area contributed by atoms with Gasteiger partial charge in [-0.2, -0.15) is 4.98 Å². The highest BCUT2D eigenvalue weighted by Crippen LogP contribution is 2.29. The van der Waals surface area contributed by atoms with Crippen LogP contribution < -0.4 is 5.32 Å². The molecule has 5 rings (SSSR count). The molecule has 1 aliphatic heterocycles. The monoisotopic (exact) mass is 434 g/mol. The molecule has 1 fully saturated rings. The fraction of sp³-hybridized carbons (Fsp3) is 0.227. The lowest BCUT2D eigenvalue weighted by atomic mass is 9.97. The molecule has 1 aliphatic rings. The Morgan fingerprint density at radius 3 is 2.71 bits per heavy atom. The maximum Gasteiger partial charge on any atom is 0.321 e. The number of fused-ring (bicyclic) bond motifs is 1. The lowest BCUT2D eigenvalue weighted by molar-refractivity contribution is 0.187. The van der Waals surface area contributed by atoms with Gasteiger partial charge in [-0.25, -0.2) is 9.78 Å². The van der Waals surface area contributed by atoms with Crippen LogP contribution in [0.15, 0.2) is 59.3 Å². The molecule has 0 aliphatic carbocycles. The molecule has 156 valence electrons. The number of nitrogens with zero attached hydrogens (tertiary/aromatic N) is 5. The summed E-state index contributed by atoms with van der Waals surface area (Å²) in [5.74, 6) is 1.14. The Morgan fingerprint density at radius 1 is 1.03 bits per heavy atom. The average molecular weight is 435 g/mol. The first kappa shape index (κ1) is 19.4. The van der Waals surface area contributed by atoms with E-state index in [-0.39, 0.29) is 11.9 Å². The van der Waals surface area contributed by atoms with Crippen molar-refractivity contribution in [3.8, 4) is 11.5 Å². The number of carbonyl (C=O) groups excluding carboxylic acids is 1. The predicted molar refractivity (Wildman–Crippen MR) is 117 cm³/mol. The number of pyridine rings is 2. The quantitative estimate of drug-likeness (QED) is 0.500. The zero-order valence-electron chi connectivity index (χ0n) is 16.5. The number of halogens is 1. The molecule has 2 amide bonds. The summed E-state index contributed by atoms with van der Waals surface area (Å²) in [6.07, 6.45) is 3.22. The number of piperidine rings is 1. The van der Waals surface area contributed by atoms with Crippen molar-refractivity contribution in [1.29, 1.82) is 0 Å². The van der Waals surface area contributed by atoms with Crippen LogP contribution in [0.3, 0.4) is 0 Å². The zero-order valence-corrected chi connectivity index (χ0v) is 17.3. The molecule has 3 aromatic heterocycles. The maximum atomic E-state index is 12.6. The highest BCUT2D eigenvalue weighted by atomic mass is 35.5. The van der Waals surface area contributed by atoms with Gasteiger partial charge in [0.2, 0.25) is 11.7 Å². The SMILES string of the molecule is O=C(Nc1ccccc1Cl)N1CCC(c2nc(-c3ccc4ncccc4n3)no2)CC1. The van der Waals surface area contributed by atoms with Crippen LogP contribution in [0, 0.1) is 0 Å². The molecule has 0 bridgehead atoms. The Bertz CT molecular complexity index is 1240. The number of anilines is 1. The zero-order chi connectivity index (χ0) is 21.2. The van der Waals surface area contributed by atoms with E-state index in [1.54, 1.807) is 23.2 Å². The lowest BCUT2D eigenvalue weighted by Gasteiger charge is -2.30. The number of benzene rings is 1. The van der Waals surface area contributed by atoms with E-state index >= 15 is 0 Å². The molecule has 4 aromatic rings. The van der Waals surface area contributed by atoms with Gasteiger partial charge >= 0.3 is 6.03 Å². The molecule has 1 N–H and O–H groups in total. The Balaban J connectivity index is 1.23. The van der Waals surface area contributed by atoms with Crippen molar-refractivity contribution in [2.24, 2.45) is 0 Å². The average Bonchev–Trinajstić information content (AvgIpc) is 3.31. The van der Waals surface area contributed by atoms with Crippen molar-refractivity contribution in [2.75, 3.05) is 18.4 Å². The van der Waals surface area contributed by atoms with Crippen LogP contribution in [0.4, 0.5) is 10.5 Å². The molecule has 0 atom stereocenters. The number of urea groups is 1. The van der Waals surface area contributed by atoms with Gasteiger partial charge in [0.1, 0.15) is 5.69 Å². The molecule has 4 heterocycles. The van der Waals surface area contributed by atoms with E-state index in [0.717, 1.165) is 23.9 Å². The first-order valence-electron chi connectivity index (χ1n) is 10.0. The fourth-order valence-electron chi connectivity index (χ4n) is 3.67. The fourth-order valence-corrected chi connectivity index (χ4v) is 3.86. The van der Waals surface area contributed by atoms with Crippen molar-refractivity contribution in [3.05, 3.63) is 65.6 Å². The Hall–Kier alpha value is -3.52. The van der Waals surface area contributed by atoms with Crippen LogP contribution in [0.25, 0.3) is 22.6 Å². The van der Waals surface area contributed by atoms with E-state index in [4.69, 9.17) is 16.1 Å². The topological polar surface area (TPSA) is 97.0 Å². The number of hydrogen-bond donors (Lipinski definition) is 1. The van der Waals surface area contributed by atoms with E-state index in [1.165, 1.54) is 0 Å². The van der Waals surface area contributed by atoms with Gasteiger partial charge in [0.05, 0.1) is 21.7 Å². The number of amides is 2. The molecule has 0 spiro atoms. The van der Waals surface area contributed by atoms with Gasteiger partial charge in [0.15, 0.2) is 0 Å². The summed E-state index contributed by atoms with van der Waals surface area (Å²) < 4.78 is 5.52. The molecule has 1 aromatic carbocycles. The van der Waals surface area contributed by atoms with Gasteiger partial charge in [-0.3, -0.25) is 4.98 Å². The van der Waals surface area contributed by atoms with Crippen molar-refractivity contribution in [1.82, 2.24) is 25.0 Å². The standard InChI is InChI=1S/C22H19ClN6O2/c23-15-4-1-2-5-16(15)26-22(30)29-12-9-14(10-13-29)21-27-20(28-31-21)19-8-7-17-18(25-19)6-3-11-24-17/h1-8,11,14H,9-10,12-13H2,(H,26,30). The van der Waals surface area contributed by atoms with Crippen molar-refractivity contribution < 1.29 is 9.32 Å². The van der Waals surface area contributed by atoms with E-state index < -0.39 is 0 Å². The van der Waals surface area contributed by atoms with Crippen LogP contribution >= 0.6 is 11.6 Å². The molecule has 31 heavy (non-hydrogen) atoms. The Kier molecular flexibility index (Phi) is 5.21. The molecule has 1 saturated heterocycles. The first-order chi connectivity index (χ1) is 15.2. The number of aromatic nitrogens is 4. The summed E-state index contributed by atoms with van der Waals surface area (Å²) in [5.41, 5.74) is 2.85. The molecule has 0 radical (unpaired) electrons. The summed E-state index contributed by atoms with van der Waals surface area (Å²) >= 11 is 6.13. The number of para-hydroxylation sites is 1. The first-order valence-corrected chi connectivity index (χ1v) is 10.4. The van der Waals surface area contributed by atoms with Crippen molar-refractivity contribution in [3.63, 3.8) is 0 Å². The highest BCUT2D eigenvalue weighted by Gasteiger charge is 2.28. The minimum absolute atomic E-state index is 0.104. The number of nitrogens with one attached hydrogen (secondary N) is 1. The van der Waals surface area contributed by atoms with Gasteiger partial charge < -0.3 is 14.7 Å². The predicted octanol–water partition coefficient (Wildman–Crippen LogP) is 4.74. The van der Waals surface area contributed by atoms with Gasteiger partial charge in [-0.05, 0) is 49.2 Å². The van der Waals surface area contributed by atoms with E-state index in [1.807, 2.05) is 36.4 Å². The van der Waals surface area contributed by atoms with Crippen LogP contribution in [0.1, 0.15) is 24.7 Å². The largest absolute Gasteiger partial charge is 0.339 e. The van der Waals surface area contributed by atoms with Gasteiger partial charge in [-0.1, -0.05) is 28.9 Å². The third-order valence-corrected chi connectivity index (χ3v) is 5.70. The van der Waals surface area contributed by atoms with E-state index in [2.05, 4.69) is 25.4 Å². The normalized spacial score (nSPS) is 14.7. The summed E-state index contributed by atoms with van der Waals surface area (Å²) in [6.45, 7) is 1.19. The van der Waals surface area contributed by atoms with Gasteiger partial charge in [0, 0.05) is 25.2 Å². The Labute approximate surface area is 183 Å². The van der Waals surface area contributed by atoms with Crippen molar-refractivity contribution in [2.45, 2.75) is 18.8 Å². The molecule has 0 saturated carbocycles. The van der Waals surface area contributed by atoms with E-state index in [0.29, 0.717) is 41.2 Å². The molecule has 0 unspecified atom stereocenters. The summed E-state index contributed by atoms with van der Waals surface area (Å²) in [5, 5.41) is 7.49.